The van der Waals surface area contributed by atoms with Gasteiger partial charge < -0.3 is 15.4 Å². The van der Waals surface area contributed by atoms with E-state index in [0.717, 1.165) is 49.5 Å². The summed E-state index contributed by atoms with van der Waals surface area (Å²) in [5.41, 5.74) is 1.85. The number of piperidine rings is 3. The van der Waals surface area contributed by atoms with Crippen molar-refractivity contribution < 1.29 is 14.3 Å². The van der Waals surface area contributed by atoms with Crippen molar-refractivity contribution >= 4 is 11.8 Å². The van der Waals surface area contributed by atoms with Gasteiger partial charge in [0.05, 0.1) is 25.8 Å². The van der Waals surface area contributed by atoms with Crippen LogP contribution in [0.25, 0.3) is 11.3 Å². The highest BCUT2D eigenvalue weighted by Crippen LogP contribution is 2.37. The summed E-state index contributed by atoms with van der Waals surface area (Å²) in [5.74, 6) is 1.24. The predicted octanol–water partition coefficient (Wildman–Crippen LogP) is 0.916. The van der Waals surface area contributed by atoms with Crippen LogP contribution in [0, 0.1) is 11.8 Å². The third-order valence-electron chi connectivity index (χ3n) is 6.34. The average molecular weight is 427 g/mol. The Hall–Kier alpha value is -2.94. The highest BCUT2D eigenvalue weighted by Gasteiger charge is 2.43. The molecule has 9 heteroatoms. The fourth-order valence-electron chi connectivity index (χ4n) is 4.68. The lowest BCUT2D eigenvalue weighted by atomic mass is 9.75. The molecule has 2 aromatic rings. The van der Waals surface area contributed by atoms with Crippen LogP contribution in [-0.2, 0) is 16.1 Å². The Morgan fingerprint density at radius 1 is 1.19 bits per heavy atom. The lowest BCUT2D eigenvalue weighted by molar-refractivity contribution is -0.133. The molecule has 3 saturated heterocycles. The van der Waals surface area contributed by atoms with E-state index in [-0.39, 0.29) is 17.7 Å². The third kappa shape index (κ3) is 5.04. The van der Waals surface area contributed by atoms with Gasteiger partial charge >= 0.3 is 0 Å². The number of fused-ring (bicyclic) bond motifs is 3. The standard InChI is InChI=1S/C22H30N6O3/c1-15(29)23-8-9-24-22(30)20-13-27-10-7-17(20)11-18(27)12-28-14-21(25-26-28)16-3-5-19(31-2)6-4-16/h3-6,14,17-18,20H,7-13H2,1-2H3,(H,23,29)(H,24,30)/t17-,18+,20+/m0/s1. The van der Waals surface area contributed by atoms with Crippen LogP contribution in [0.3, 0.4) is 0 Å². The van der Waals surface area contributed by atoms with Gasteiger partial charge in [0.25, 0.3) is 0 Å². The van der Waals surface area contributed by atoms with Gasteiger partial charge in [0.1, 0.15) is 11.4 Å². The minimum absolute atomic E-state index is 0.0212. The molecular formula is C22H30N6O3. The topological polar surface area (TPSA) is 101 Å². The third-order valence-corrected chi connectivity index (χ3v) is 6.34. The van der Waals surface area contributed by atoms with E-state index in [1.165, 1.54) is 6.92 Å². The highest BCUT2D eigenvalue weighted by atomic mass is 16.5. The van der Waals surface area contributed by atoms with Gasteiger partial charge in [-0.15, -0.1) is 5.10 Å². The number of carbonyl (C=O) groups is 2. The minimum atomic E-state index is -0.0804. The zero-order valence-corrected chi connectivity index (χ0v) is 18.1. The molecule has 3 aliphatic heterocycles. The Bertz CT molecular complexity index is 912. The van der Waals surface area contributed by atoms with Gasteiger partial charge in [-0.1, -0.05) is 5.21 Å². The number of rotatable bonds is 8. The smallest absolute Gasteiger partial charge is 0.224 e. The number of methoxy groups -OCH3 is 1. The van der Waals surface area contributed by atoms with Crippen molar-refractivity contribution in [3.05, 3.63) is 30.5 Å². The molecule has 4 heterocycles. The second-order valence-corrected chi connectivity index (χ2v) is 8.37. The molecule has 1 aromatic carbocycles. The molecule has 0 radical (unpaired) electrons. The van der Waals surface area contributed by atoms with E-state index < -0.39 is 0 Å². The van der Waals surface area contributed by atoms with Gasteiger partial charge in [0.2, 0.25) is 11.8 Å². The molecular weight excluding hydrogens is 396 g/mol. The molecule has 9 nitrogen and oxygen atoms in total. The SMILES string of the molecule is COc1ccc(-c2cn(C[C@H]3C[C@@H]4CCN3C[C@H]4C(=O)NCCNC(C)=O)nn2)cc1. The van der Waals surface area contributed by atoms with E-state index in [0.29, 0.717) is 25.0 Å². The predicted molar refractivity (Wildman–Crippen MR) is 115 cm³/mol. The molecule has 0 spiro atoms. The first kappa shape index (κ1) is 21.3. The summed E-state index contributed by atoms with van der Waals surface area (Å²) in [4.78, 5) is 26.0. The quantitative estimate of drug-likeness (QED) is 0.609. The molecule has 5 rings (SSSR count). The largest absolute Gasteiger partial charge is 0.497 e. The molecule has 2 bridgehead atoms. The summed E-state index contributed by atoms with van der Waals surface area (Å²) < 4.78 is 7.12. The summed E-state index contributed by atoms with van der Waals surface area (Å²) in [7, 11) is 1.65. The first-order valence-electron chi connectivity index (χ1n) is 10.8. The van der Waals surface area contributed by atoms with E-state index in [1.807, 2.05) is 35.1 Å². The van der Waals surface area contributed by atoms with Crippen LogP contribution in [0.5, 0.6) is 5.75 Å². The number of ether oxygens (including phenoxy) is 1. The van der Waals surface area contributed by atoms with Crippen LogP contribution in [0.2, 0.25) is 0 Å². The summed E-state index contributed by atoms with van der Waals surface area (Å²) in [6, 6.07) is 8.17. The molecule has 2 N–H and O–H groups in total. The van der Waals surface area contributed by atoms with Crippen LogP contribution < -0.4 is 15.4 Å². The summed E-state index contributed by atoms with van der Waals surface area (Å²) in [5, 5.41) is 14.3. The molecule has 0 saturated carbocycles. The van der Waals surface area contributed by atoms with Crippen LogP contribution in [0.4, 0.5) is 0 Å². The molecule has 0 aliphatic carbocycles. The van der Waals surface area contributed by atoms with Crippen LogP contribution in [0.15, 0.2) is 30.5 Å². The molecule has 166 valence electrons. The fourth-order valence-corrected chi connectivity index (χ4v) is 4.68. The van der Waals surface area contributed by atoms with Gasteiger partial charge in [0.15, 0.2) is 0 Å². The lowest BCUT2D eigenvalue weighted by Gasteiger charge is -2.49. The first-order valence-corrected chi connectivity index (χ1v) is 10.8. The molecule has 3 aliphatic rings. The summed E-state index contributed by atoms with van der Waals surface area (Å²) in [6.07, 6.45) is 4.02. The monoisotopic (exact) mass is 426 g/mol. The Morgan fingerprint density at radius 2 is 1.97 bits per heavy atom. The Kier molecular flexibility index (Phi) is 6.50. The molecule has 1 aromatic heterocycles. The van der Waals surface area contributed by atoms with Crippen molar-refractivity contribution in [2.24, 2.45) is 11.8 Å². The normalized spacial score (nSPS) is 24.6. The number of aromatic nitrogens is 3. The number of nitrogens with one attached hydrogen (secondary N) is 2. The van der Waals surface area contributed by atoms with Gasteiger partial charge in [-0.3, -0.25) is 19.2 Å². The van der Waals surface area contributed by atoms with Crippen molar-refractivity contribution in [2.75, 3.05) is 33.3 Å². The van der Waals surface area contributed by atoms with Crippen molar-refractivity contribution in [3.63, 3.8) is 0 Å². The zero-order valence-electron chi connectivity index (χ0n) is 18.1. The summed E-state index contributed by atoms with van der Waals surface area (Å²) in [6.45, 7) is 4.99. The molecule has 3 fully saturated rings. The number of hydrogen-bond donors (Lipinski definition) is 2. The number of amides is 2. The zero-order chi connectivity index (χ0) is 21.8. The van der Waals surface area contributed by atoms with E-state index in [1.54, 1.807) is 7.11 Å². The Labute approximate surface area is 182 Å². The second-order valence-electron chi connectivity index (χ2n) is 8.37. The first-order chi connectivity index (χ1) is 15.0. The lowest BCUT2D eigenvalue weighted by Crippen LogP contribution is -2.58. The van der Waals surface area contributed by atoms with Gasteiger partial charge in [-0.05, 0) is 49.6 Å². The molecule has 31 heavy (non-hydrogen) atoms. The van der Waals surface area contributed by atoms with E-state index in [2.05, 4.69) is 25.8 Å². The summed E-state index contributed by atoms with van der Waals surface area (Å²) >= 11 is 0. The molecule has 2 amide bonds. The van der Waals surface area contributed by atoms with Crippen molar-refractivity contribution in [1.29, 1.82) is 0 Å². The maximum Gasteiger partial charge on any atom is 0.224 e. The Morgan fingerprint density at radius 3 is 2.65 bits per heavy atom. The number of nitrogens with zero attached hydrogens (tertiary/aromatic N) is 4. The van der Waals surface area contributed by atoms with Gasteiger partial charge in [0, 0.05) is 38.2 Å². The van der Waals surface area contributed by atoms with E-state index in [4.69, 9.17) is 4.74 Å². The highest BCUT2D eigenvalue weighted by molar-refractivity contribution is 5.79. The minimum Gasteiger partial charge on any atom is -0.497 e. The number of carbonyl (C=O) groups excluding carboxylic acids is 2. The van der Waals surface area contributed by atoms with Crippen LogP contribution in [-0.4, -0.2) is 71.0 Å². The van der Waals surface area contributed by atoms with Crippen molar-refractivity contribution in [3.8, 4) is 17.0 Å². The van der Waals surface area contributed by atoms with Crippen LogP contribution in [0.1, 0.15) is 19.8 Å². The number of benzene rings is 1. The molecule has 4 atom stereocenters. The number of hydrogen-bond acceptors (Lipinski definition) is 6. The van der Waals surface area contributed by atoms with Gasteiger partial charge in [-0.2, -0.15) is 0 Å². The van der Waals surface area contributed by atoms with E-state index in [9.17, 15) is 9.59 Å². The maximum atomic E-state index is 12.6. The molecule has 1 unspecified atom stereocenters. The fraction of sp³-hybridized carbons (Fsp3) is 0.545. The van der Waals surface area contributed by atoms with Crippen molar-refractivity contribution in [1.82, 2.24) is 30.5 Å². The van der Waals surface area contributed by atoms with Crippen LogP contribution >= 0.6 is 0 Å². The Balaban J connectivity index is 1.31. The second kappa shape index (κ2) is 9.47. The van der Waals surface area contributed by atoms with Crippen molar-refractivity contribution in [2.45, 2.75) is 32.4 Å². The van der Waals surface area contributed by atoms with Gasteiger partial charge in [-0.25, -0.2) is 0 Å². The maximum absolute atomic E-state index is 12.6. The van der Waals surface area contributed by atoms with E-state index >= 15 is 0 Å². The average Bonchev–Trinajstić information content (AvgIpc) is 3.25.